The maximum absolute atomic E-state index is 12.0. The third-order valence-electron chi connectivity index (χ3n) is 2.46. The topological polar surface area (TPSA) is 37.4 Å². The number of fused-ring (bicyclic) bond motifs is 1. The van der Waals surface area contributed by atoms with Crippen molar-refractivity contribution in [3.63, 3.8) is 0 Å². The predicted octanol–water partition coefficient (Wildman–Crippen LogP) is 3.11. The van der Waals surface area contributed by atoms with Crippen LogP contribution in [-0.4, -0.2) is 27.2 Å². The molecule has 0 radical (unpaired) electrons. The second-order valence-corrected chi connectivity index (χ2v) is 5.50. The summed E-state index contributed by atoms with van der Waals surface area (Å²) >= 11 is 6.95. The van der Waals surface area contributed by atoms with Gasteiger partial charge in [0.15, 0.2) is 0 Å². The summed E-state index contributed by atoms with van der Waals surface area (Å²) in [6.45, 7) is 1.85. The van der Waals surface area contributed by atoms with Crippen LogP contribution in [0.25, 0.3) is 0 Å². The number of alkyl halides is 1. The van der Waals surface area contributed by atoms with Crippen LogP contribution >= 0.6 is 23.5 Å². The lowest BCUT2D eigenvalue weighted by atomic mass is 10.1. The van der Waals surface area contributed by atoms with E-state index in [-0.39, 0.29) is 17.2 Å². The average Bonchev–Trinajstić information content (AvgIpc) is 2.59. The summed E-state index contributed by atoms with van der Waals surface area (Å²) in [5.74, 6) is 0.0588. The minimum Gasteiger partial charge on any atom is -0.268 e. The van der Waals surface area contributed by atoms with Gasteiger partial charge in [0, 0.05) is 11.1 Å². The van der Waals surface area contributed by atoms with Gasteiger partial charge >= 0.3 is 0 Å². The molecular formula is C13H12ClNO2S. The lowest BCUT2D eigenvalue weighted by Crippen LogP contribution is -2.22. The Kier molecular flexibility index (Phi) is 4.09. The van der Waals surface area contributed by atoms with Crippen molar-refractivity contribution in [2.45, 2.75) is 12.3 Å². The first-order valence-corrected chi connectivity index (χ1v) is 6.90. The van der Waals surface area contributed by atoms with Gasteiger partial charge in [-0.1, -0.05) is 24.3 Å². The van der Waals surface area contributed by atoms with Crippen molar-refractivity contribution in [1.82, 2.24) is 4.31 Å². The van der Waals surface area contributed by atoms with Gasteiger partial charge < -0.3 is 0 Å². The molecule has 1 aliphatic heterocycles. The molecule has 1 unspecified atom stereocenters. The summed E-state index contributed by atoms with van der Waals surface area (Å²) in [5.41, 5.74) is 0.953. The summed E-state index contributed by atoms with van der Waals surface area (Å²) in [5, 5.41) is -0.0484. The Labute approximate surface area is 115 Å². The predicted molar refractivity (Wildman–Crippen MR) is 73.9 cm³/mol. The molecule has 18 heavy (non-hydrogen) atoms. The first-order chi connectivity index (χ1) is 8.61. The number of carbonyl (C=O) groups is 2. The Hall–Kier alpha value is -1.26. The van der Waals surface area contributed by atoms with Crippen LogP contribution in [0, 0.1) is 0 Å². The molecule has 0 spiro atoms. The van der Waals surface area contributed by atoms with E-state index in [0.717, 1.165) is 0 Å². The number of nitrogens with zero attached hydrogens (tertiary/aromatic N) is 1. The third-order valence-corrected chi connectivity index (χ3v) is 3.53. The van der Waals surface area contributed by atoms with Crippen molar-refractivity contribution in [3.05, 3.63) is 47.5 Å². The minimum atomic E-state index is -0.243. The van der Waals surface area contributed by atoms with E-state index in [1.54, 1.807) is 24.3 Å². The Bertz CT molecular complexity index is 478. The fourth-order valence-corrected chi connectivity index (χ4v) is 2.53. The summed E-state index contributed by atoms with van der Waals surface area (Å²) in [6.07, 6.45) is 3.68. The van der Waals surface area contributed by atoms with Gasteiger partial charge in [-0.05, 0) is 31.0 Å². The zero-order valence-electron chi connectivity index (χ0n) is 9.80. The van der Waals surface area contributed by atoms with Crippen molar-refractivity contribution in [2.75, 3.05) is 5.75 Å². The molecule has 0 aromatic heterocycles. The normalized spacial score (nSPS) is 16.4. The van der Waals surface area contributed by atoms with Gasteiger partial charge in [0.05, 0.1) is 11.1 Å². The van der Waals surface area contributed by atoms with Crippen LogP contribution in [0.3, 0.4) is 0 Å². The number of imide groups is 1. The van der Waals surface area contributed by atoms with Crippen molar-refractivity contribution < 1.29 is 9.59 Å². The number of hydrogen-bond acceptors (Lipinski definition) is 3. The highest BCUT2D eigenvalue weighted by Crippen LogP contribution is 2.28. The smallest absolute Gasteiger partial charge is 0.268 e. The Balaban J connectivity index is 2.05. The zero-order chi connectivity index (χ0) is 13.1. The number of carbonyl (C=O) groups excluding carboxylic acids is 2. The molecular weight excluding hydrogens is 270 g/mol. The SMILES string of the molecule is CC(Cl)C=CCSN1C(=O)c2ccccc2C1=O. The van der Waals surface area contributed by atoms with Crippen LogP contribution in [0.5, 0.6) is 0 Å². The number of amides is 2. The summed E-state index contributed by atoms with van der Waals surface area (Å²) in [4.78, 5) is 23.9. The molecule has 5 heteroatoms. The second-order valence-electron chi connectivity index (χ2n) is 3.85. The summed E-state index contributed by atoms with van der Waals surface area (Å²) in [7, 11) is 0. The summed E-state index contributed by atoms with van der Waals surface area (Å²) < 4.78 is 1.20. The lowest BCUT2D eigenvalue weighted by molar-refractivity contribution is 0.0777. The van der Waals surface area contributed by atoms with E-state index in [9.17, 15) is 9.59 Å². The Morgan fingerprint density at radius 2 is 1.83 bits per heavy atom. The molecule has 3 nitrogen and oxygen atoms in total. The molecule has 0 aliphatic carbocycles. The molecule has 0 saturated carbocycles. The Morgan fingerprint density at radius 3 is 2.33 bits per heavy atom. The van der Waals surface area contributed by atoms with E-state index in [1.165, 1.54) is 16.3 Å². The fourth-order valence-electron chi connectivity index (χ4n) is 1.65. The standard InChI is InChI=1S/C13H12ClNO2S/c1-9(14)5-4-8-18-15-12(16)10-6-2-3-7-11(10)13(15)17/h2-7,9H,8H2,1H3. The van der Waals surface area contributed by atoms with Gasteiger partial charge in [0.25, 0.3) is 11.8 Å². The molecule has 1 heterocycles. The highest BCUT2D eigenvalue weighted by Gasteiger charge is 2.35. The molecule has 0 saturated heterocycles. The van der Waals surface area contributed by atoms with Gasteiger partial charge in [-0.3, -0.25) is 9.59 Å². The lowest BCUT2D eigenvalue weighted by Gasteiger charge is -2.10. The van der Waals surface area contributed by atoms with Gasteiger partial charge in [-0.15, -0.1) is 11.6 Å². The van der Waals surface area contributed by atoms with E-state index in [0.29, 0.717) is 16.9 Å². The largest absolute Gasteiger partial charge is 0.271 e. The zero-order valence-corrected chi connectivity index (χ0v) is 11.4. The molecule has 1 aromatic rings. The van der Waals surface area contributed by atoms with E-state index in [2.05, 4.69) is 0 Å². The Morgan fingerprint density at radius 1 is 1.28 bits per heavy atom. The molecule has 1 atom stereocenters. The van der Waals surface area contributed by atoms with Crippen LogP contribution in [0.4, 0.5) is 0 Å². The molecule has 0 N–H and O–H groups in total. The number of allylic oxidation sites excluding steroid dienone is 1. The second kappa shape index (κ2) is 5.59. The molecule has 1 aliphatic rings. The first-order valence-electron chi connectivity index (χ1n) is 5.52. The van der Waals surface area contributed by atoms with Crippen LogP contribution in [-0.2, 0) is 0 Å². The number of benzene rings is 1. The monoisotopic (exact) mass is 281 g/mol. The molecule has 2 amide bonds. The maximum Gasteiger partial charge on any atom is 0.271 e. The van der Waals surface area contributed by atoms with Crippen LogP contribution in [0.1, 0.15) is 27.6 Å². The van der Waals surface area contributed by atoms with Crippen molar-refractivity contribution in [1.29, 1.82) is 0 Å². The highest BCUT2D eigenvalue weighted by atomic mass is 35.5. The van der Waals surface area contributed by atoms with Gasteiger partial charge in [0.1, 0.15) is 0 Å². The van der Waals surface area contributed by atoms with Crippen molar-refractivity contribution >= 4 is 35.4 Å². The maximum atomic E-state index is 12.0. The van der Waals surface area contributed by atoms with E-state index >= 15 is 0 Å². The fraction of sp³-hybridized carbons (Fsp3) is 0.231. The number of rotatable bonds is 4. The quantitative estimate of drug-likeness (QED) is 0.368. The molecule has 1 aromatic carbocycles. The van der Waals surface area contributed by atoms with E-state index < -0.39 is 0 Å². The highest BCUT2D eigenvalue weighted by molar-refractivity contribution is 7.98. The average molecular weight is 282 g/mol. The van der Waals surface area contributed by atoms with Gasteiger partial charge in [0.2, 0.25) is 0 Å². The van der Waals surface area contributed by atoms with Gasteiger partial charge in [-0.25, -0.2) is 4.31 Å². The first kappa shape index (κ1) is 13.2. The van der Waals surface area contributed by atoms with Crippen molar-refractivity contribution in [2.24, 2.45) is 0 Å². The van der Waals surface area contributed by atoms with Crippen LogP contribution < -0.4 is 0 Å². The van der Waals surface area contributed by atoms with Crippen molar-refractivity contribution in [3.8, 4) is 0 Å². The van der Waals surface area contributed by atoms with E-state index in [1.807, 2.05) is 19.1 Å². The molecule has 0 bridgehead atoms. The van der Waals surface area contributed by atoms with Crippen LogP contribution in [0.15, 0.2) is 36.4 Å². The number of hydrogen-bond donors (Lipinski definition) is 0. The minimum absolute atomic E-state index is 0.0484. The number of halogens is 1. The molecule has 0 fully saturated rings. The third kappa shape index (κ3) is 2.60. The molecule has 2 rings (SSSR count). The van der Waals surface area contributed by atoms with Gasteiger partial charge in [-0.2, -0.15) is 0 Å². The van der Waals surface area contributed by atoms with E-state index in [4.69, 9.17) is 11.6 Å². The van der Waals surface area contributed by atoms with Crippen LogP contribution in [0.2, 0.25) is 0 Å². The summed E-state index contributed by atoms with van der Waals surface area (Å²) in [6, 6.07) is 6.86. The molecule has 94 valence electrons.